The molecular formula is C24H32N2O. The molecule has 2 aromatic carbocycles. The lowest BCUT2D eigenvalue weighted by molar-refractivity contribution is 0.0968. The molecule has 144 valence electrons. The van der Waals surface area contributed by atoms with Crippen molar-refractivity contribution < 1.29 is 4.74 Å². The summed E-state index contributed by atoms with van der Waals surface area (Å²) in [6.07, 6.45) is 6.68. The van der Waals surface area contributed by atoms with Gasteiger partial charge in [0, 0.05) is 26.2 Å². The largest absolute Gasteiger partial charge is 0.490 e. The van der Waals surface area contributed by atoms with Crippen LogP contribution in [0.25, 0.3) is 0 Å². The van der Waals surface area contributed by atoms with Crippen LogP contribution in [0.3, 0.4) is 0 Å². The van der Waals surface area contributed by atoms with Gasteiger partial charge >= 0.3 is 0 Å². The van der Waals surface area contributed by atoms with Gasteiger partial charge in [-0.15, -0.1) is 0 Å². The summed E-state index contributed by atoms with van der Waals surface area (Å²) in [6.45, 7) is 6.87. The molecular weight excluding hydrogens is 332 g/mol. The first-order valence-electron chi connectivity index (χ1n) is 10.6. The van der Waals surface area contributed by atoms with Crippen LogP contribution in [-0.4, -0.2) is 42.1 Å². The number of piperidine rings is 2. The zero-order valence-corrected chi connectivity index (χ0v) is 16.4. The summed E-state index contributed by atoms with van der Waals surface area (Å²) < 4.78 is 6.26. The summed E-state index contributed by atoms with van der Waals surface area (Å²) in [7, 11) is 0. The molecule has 0 N–H and O–H groups in total. The number of benzene rings is 2. The van der Waals surface area contributed by atoms with E-state index in [4.69, 9.17) is 4.74 Å². The van der Waals surface area contributed by atoms with E-state index < -0.39 is 0 Å². The van der Waals surface area contributed by atoms with E-state index in [2.05, 4.69) is 64.4 Å². The first-order valence-corrected chi connectivity index (χ1v) is 10.6. The Kier molecular flexibility index (Phi) is 6.44. The first kappa shape index (κ1) is 18.5. The van der Waals surface area contributed by atoms with Crippen molar-refractivity contribution in [1.82, 2.24) is 9.80 Å². The van der Waals surface area contributed by atoms with Crippen molar-refractivity contribution in [2.24, 2.45) is 0 Å². The van der Waals surface area contributed by atoms with E-state index in [-0.39, 0.29) is 0 Å². The maximum atomic E-state index is 6.26. The smallest absolute Gasteiger partial charge is 0.119 e. The van der Waals surface area contributed by atoms with Crippen LogP contribution in [0.2, 0.25) is 0 Å². The highest BCUT2D eigenvalue weighted by atomic mass is 16.5. The summed E-state index contributed by atoms with van der Waals surface area (Å²) in [4.78, 5) is 5.11. The molecule has 27 heavy (non-hydrogen) atoms. The number of hydrogen-bond acceptors (Lipinski definition) is 3. The maximum absolute atomic E-state index is 6.26. The van der Waals surface area contributed by atoms with E-state index in [1.807, 2.05) is 0 Å². The van der Waals surface area contributed by atoms with Gasteiger partial charge in [-0.3, -0.25) is 9.80 Å². The topological polar surface area (TPSA) is 15.7 Å². The van der Waals surface area contributed by atoms with Crippen molar-refractivity contribution in [3.8, 4) is 5.75 Å². The minimum Gasteiger partial charge on any atom is -0.490 e. The molecule has 2 fully saturated rings. The fraction of sp³-hybridized carbons (Fsp3) is 0.500. The van der Waals surface area contributed by atoms with E-state index in [1.54, 1.807) is 0 Å². The lowest BCUT2D eigenvalue weighted by Crippen LogP contribution is -2.37. The first-order chi connectivity index (χ1) is 13.3. The van der Waals surface area contributed by atoms with Gasteiger partial charge in [-0.25, -0.2) is 0 Å². The Morgan fingerprint density at radius 3 is 1.93 bits per heavy atom. The highest BCUT2D eigenvalue weighted by Crippen LogP contribution is 2.21. The molecule has 0 unspecified atom stereocenters. The lowest BCUT2D eigenvalue weighted by Gasteiger charge is -2.32. The molecule has 0 spiro atoms. The van der Waals surface area contributed by atoms with Gasteiger partial charge in [0.2, 0.25) is 0 Å². The molecule has 2 heterocycles. The maximum Gasteiger partial charge on any atom is 0.119 e. The summed E-state index contributed by atoms with van der Waals surface area (Å²) >= 11 is 0. The molecule has 0 saturated carbocycles. The summed E-state index contributed by atoms with van der Waals surface area (Å²) in [5.74, 6) is 1.03. The third-order valence-corrected chi connectivity index (χ3v) is 5.86. The molecule has 0 aromatic heterocycles. The molecule has 0 aliphatic carbocycles. The Bertz CT molecular complexity index is 671. The highest BCUT2D eigenvalue weighted by Gasteiger charge is 2.20. The summed E-state index contributed by atoms with van der Waals surface area (Å²) in [6, 6.07) is 19.6. The minimum absolute atomic E-state index is 0.352. The molecule has 2 aromatic rings. The second-order valence-electron chi connectivity index (χ2n) is 8.06. The zero-order valence-electron chi connectivity index (χ0n) is 16.4. The number of rotatable bonds is 6. The number of likely N-dealkylation sites (tertiary alicyclic amines) is 2. The Morgan fingerprint density at radius 2 is 1.26 bits per heavy atom. The van der Waals surface area contributed by atoms with Gasteiger partial charge in [0.1, 0.15) is 11.9 Å². The Hall–Kier alpha value is -1.84. The molecule has 2 saturated heterocycles. The highest BCUT2D eigenvalue weighted by molar-refractivity contribution is 5.27. The molecule has 4 rings (SSSR count). The van der Waals surface area contributed by atoms with Crippen LogP contribution < -0.4 is 4.74 Å². The van der Waals surface area contributed by atoms with Crippen molar-refractivity contribution in [1.29, 1.82) is 0 Å². The van der Waals surface area contributed by atoms with Crippen LogP contribution in [0.15, 0.2) is 54.6 Å². The third-order valence-electron chi connectivity index (χ3n) is 5.86. The van der Waals surface area contributed by atoms with Gasteiger partial charge in [0.25, 0.3) is 0 Å². The van der Waals surface area contributed by atoms with Crippen molar-refractivity contribution in [3.63, 3.8) is 0 Å². The summed E-state index contributed by atoms with van der Waals surface area (Å²) in [5.41, 5.74) is 2.81. The van der Waals surface area contributed by atoms with E-state index in [0.29, 0.717) is 6.10 Å². The van der Waals surface area contributed by atoms with Gasteiger partial charge in [0.15, 0.2) is 0 Å². The van der Waals surface area contributed by atoms with Gasteiger partial charge in [-0.2, -0.15) is 0 Å². The molecule has 0 bridgehead atoms. The van der Waals surface area contributed by atoms with E-state index >= 15 is 0 Å². The molecule has 0 radical (unpaired) electrons. The van der Waals surface area contributed by atoms with Gasteiger partial charge in [0.05, 0.1) is 0 Å². The van der Waals surface area contributed by atoms with Crippen molar-refractivity contribution in [2.45, 2.75) is 51.3 Å². The van der Waals surface area contributed by atoms with Crippen LogP contribution >= 0.6 is 0 Å². The molecule has 3 heteroatoms. The van der Waals surface area contributed by atoms with E-state index in [0.717, 1.165) is 44.8 Å². The predicted octanol–water partition coefficient (Wildman–Crippen LogP) is 4.72. The van der Waals surface area contributed by atoms with Crippen LogP contribution in [-0.2, 0) is 13.1 Å². The lowest BCUT2D eigenvalue weighted by atomic mass is 10.1. The minimum atomic E-state index is 0.352. The van der Waals surface area contributed by atoms with Gasteiger partial charge in [-0.05, 0) is 62.0 Å². The predicted molar refractivity (Wildman–Crippen MR) is 111 cm³/mol. The Balaban J connectivity index is 1.22. The molecule has 2 aliphatic rings. The van der Waals surface area contributed by atoms with Crippen molar-refractivity contribution in [3.05, 3.63) is 65.7 Å². The zero-order chi connectivity index (χ0) is 18.3. The Labute approximate surface area is 163 Å². The SMILES string of the molecule is c1ccc(CN2CCC(Oc3ccc(CN4CCCCC4)cc3)CC2)cc1. The average molecular weight is 365 g/mol. The molecule has 0 amide bonds. The standard InChI is InChI=1S/C24H32N2O/c1-3-7-21(8-4-1)19-26-17-13-24(14-18-26)27-23-11-9-22(10-12-23)20-25-15-5-2-6-16-25/h1,3-4,7-12,24H,2,5-6,13-20H2. The number of nitrogens with zero attached hydrogens (tertiary/aromatic N) is 2. The van der Waals surface area contributed by atoms with Crippen molar-refractivity contribution >= 4 is 0 Å². The van der Waals surface area contributed by atoms with E-state index in [9.17, 15) is 0 Å². The fourth-order valence-electron chi connectivity index (χ4n) is 4.27. The van der Waals surface area contributed by atoms with Crippen LogP contribution in [0.4, 0.5) is 0 Å². The second-order valence-corrected chi connectivity index (χ2v) is 8.06. The molecule has 0 atom stereocenters. The molecule has 3 nitrogen and oxygen atoms in total. The number of hydrogen-bond donors (Lipinski definition) is 0. The van der Waals surface area contributed by atoms with Gasteiger partial charge < -0.3 is 4.74 Å². The normalized spacial score (nSPS) is 19.9. The third kappa shape index (κ3) is 5.57. The van der Waals surface area contributed by atoms with Crippen molar-refractivity contribution in [2.75, 3.05) is 26.2 Å². The average Bonchev–Trinajstić information content (AvgIpc) is 2.73. The summed E-state index contributed by atoms with van der Waals surface area (Å²) in [5, 5.41) is 0. The van der Waals surface area contributed by atoms with Gasteiger partial charge in [-0.1, -0.05) is 48.9 Å². The van der Waals surface area contributed by atoms with Crippen LogP contribution in [0.1, 0.15) is 43.2 Å². The van der Waals surface area contributed by atoms with E-state index in [1.165, 1.54) is 43.5 Å². The monoisotopic (exact) mass is 364 g/mol. The number of ether oxygens (including phenoxy) is 1. The van der Waals surface area contributed by atoms with Crippen LogP contribution in [0.5, 0.6) is 5.75 Å². The molecule has 2 aliphatic heterocycles. The quantitative estimate of drug-likeness (QED) is 0.738. The van der Waals surface area contributed by atoms with Crippen LogP contribution in [0, 0.1) is 0 Å². The Morgan fingerprint density at radius 1 is 0.667 bits per heavy atom. The second kappa shape index (κ2) is 9.38. The fourth-order valence-corrected chi connectivity index (χ4v) is 4.27.